The van der Waals surface area contributed by atoms with Crippen LogP contribution < -0.4 is 5.73 Å². The average Bonchev–Trinajstić information content (AvgIpc) is 2.74. The van der Waals surface area contributed by atoms with Crippen molar-refractivity contribution in [3.63, 3.8) is 0 Å². The number of nitrogens with zero attached hydrogens (tertiary/aromatic N) is 1. The van der Waals surface area contributed by atoms with Gasteiger partial charge in [-0.2, -0.15) is 0 Å². The van der Waals surface area contributed by atoms with E-state index in [9.17, 15) is 4.79 Å². The number of aryl methyl sites for hydroxylation is 1. The first-order valence-corrected chi connectivity index (χ1v) is 4.88. The SMILES string of the molecule is Cc1ncc(C(=O)C2(N)CCCC2)o1. The Hall–Kier alpha value is -1.16. The zero-order chi connectivity index (χ0) is 10.2. The van der Waals surface area contributed by atoms with E-state index in [2.05, 4.69) is 4.98 Å². The van der Waals surface area contributed by atoms with Gasteiger partial charge in [-0.3, -0.25) is 4.79 Å². The second-order valence-corrected chi connectivity index (χ2v) is 3.94. The van der Waals surface area contributed by atoms with Gasteiger partial charge < -0.3 is 10.2 Å². The predicted octanol–water partition coefficient (Wildman–Crippen LogP) is 1.44. The van der Waals surface area contributed by atoms with E-state index in [0.717, 1.165) is 25.7 Å². The highest BCUT2D eigenvalue weighted by Gasteiger charge is 2.39. The number of nitrogens with two attached hydrogens (primary N) is 1. The van der Waals surface area contributed by atoms with E-state index in [1.807, 2.05) is 0 Å². The van der Waals surface area contributed by atoms with Crippen molar-refractivity contribution in [2.45, 2.75) is 38.1 Å². The molecule has 2 N–H and O–H groups in total. The lowest BCUT2D eigenvalue weighted by molar-refractivity contribution is 0.0861. The maximum absolute atomic E-state index is 11.9. The van der Waals surface area contributed by atoms with Gasteiger partial charge in [0.25, 0.3) is 0 Å². The zero-order valence-corrected chi connectivity index (χ0v) is 8.25. The van der Waals surface area contributed by atoms with Crippen molar-refractivity contribution in [1.29, 1.82) is 0 Å². The largest absolute Gasteiger partial charge is 0.438 e. The Morgan fingerprint density at radius 3 is 2.71 bits per heavy atom. The van der Waals surface area contributed by atoms with E-state index in [0.29, 0.717) is 11.7 Å². The van der Waals surface area contributed by atoms with Crippen LogP contribution in [0.15, 0.2) is 10.6 Å². The topological polar surface area (TPSA) is 69.1 Å². The fourth-order valence-corrected chi connectivity index (χ4v) is 1.94. The molecule has 1 aliphatic carbocycles. The fraction of sp³-hybridized carbons (Fsp3) is 0.600. The summed E-state index contributed by atoms with van der Waals surface area (Å²) in [7, 11) is 0. The molecular weight excluding hydrogens is 180 g/mol. The molecule has 1 fully saturated rings. The molecule has 0 aromatic carbocycles. The number of carbonyl (C=O) groups excluding carboxylic acids is 1. The quantitative estimate of drug-likeness (QED) is 0.723. The van der Waals surface area contributed by atoms with Crippen molar-refractivity contribution < 1.29 is 9.21 Å². The maximum atomic E-state index is 11.9. The summed E-state index contributed by atoms with van der Waals surface area (Å²) in [6.45, 7) is 1.72. The predicted molar refractivity (Wildman–Crippen MR) is 51.0 cm³/mol. The minimum absolute atomic E-state index is 0.101. The van der Waals surface area contributed by atoms with Gasteiger partial charge >= 0.3 is 0 Å². The Morgan fingerprint density at radius 2 is 2.21 bits per heavy atom. The summed E-state index contributed by atoms with van der Waals surface area (Å²) in [5, 5.41) is 0. The standard InChI is InChI=1S/C10H14N2O2/c1-7-12-6-8(14-7)9(13)10(11)4-2-3-5-10/h6H,2-5,11H2,1H3. The smallest absolute Gasteiger partial charge is 0.219 e. The Kier molecular flexibility index (Phi) is 2.15. The summed E-state index contributed by atoms with van der Waals surface area (Å²) in [6, 6.07) is 0. The van der Waals surface area contributed by atoms with Gasteiger partial charge in [0.15, 0.2) is 11.7 Å². The molecule has 1 aromatic heterocycles. The number of Topliss-reactive ketones (excluding diaryl/α,β-unsaturated/α-hetero) is 1. The van der Waals surface area contributed by atoms with Gasteiger partial charge in [0, 0.05) is 6.92 Å². The average molecular weight is 194 g/mol. The van der Waals surface area contributed by atoms with Crippen LogP contribution in [0, 0.1) is 6.92 Å². The van der Waals surface area contributed by atoms with Gasteiger partial charge in [0.05, 0.1) is 11.7 Å². The molecule has 2 rings (SSSR count). The van der Waals surface area contributed by atoms with Crippen molar-refractivity contribution in [3.8, 4) is 0 Å². The van der Waals surface area contributed by atoms with Gasteiger partial charge in [0.1, 0.15) is 0 Å². The third-order valence-electron chi connectivity index (χ3n) is 2.79. The maximum Gasteiger partial charge on any atom is 0.219 e. The summed E-state index contributed by atoms with van der Waals surface area (Å²) in [6.07, 6.45) is 5.02. The Morgan fingerprint density at radius 1 is 1.57 bits per heavy atom. The Bertz CT molecular complexity index is 351. The molecule has 14 heavy (non-hydrogen) atoms. The molecule has 0 saturated heterocycles. The van der Waals surface area contributed by atoms with Crippen LogP contribution in [0.3, 0.4) is 0 Å². The molecule has 1 heterocycles. The number of ketones is 1. The van der Waals surface area contributed by atoms with Crippen molar-refractivity contribution in [2.75, 3.05) is 0 Å². The van der Waals surface area contributed by atoms with E-state index >= 15 is 0 Å². The molecule has 0 radical (unpaired) electrons. The van der Waals surface area contributed by atoms with Gasteiger partial charge in [0.2, 0.25) is 5.78 Å². The number of hydrogen-bond donors (Lipinski definition) is 1. The fourth-order valence-electron chi connectivity index (χ4n) is 1.94. The van der Waals surface area contributed by atoms with E-state index in [-0.39, 0.29) is 5.78 Å². The van der Waals surface area contributed by atoms with Crippen molar-refractivity contribution in [1.82, 2.24) is 4.98 Å². The molecule has 0 aliphatic heterocycles. The van der Waals surface area contributed by atoms with Crippen LogP contribution in [0.5, 0.6) is 0 Å². The second kappa shape index (κ2) is 3.20. The summed E-state index contributed by atoms with van der Waals surface area (Å²) < 4.78 is 5.18. The minimum atomic E-state index is -0.702. The lowest BCUT2D eigenvalue weighted by Gasteiger charge is -2.19. The molecule has 4 heteroatoms. The van der Waals surface area contributed by atoms with E-state index in [1.165, 1.54) is 6.20 Å². The van der Waals surface area contributed by atoms with Crippen LogP contribution in [0.25, 0.3) is 0 Å². The van der Waals surface area contributed by atoms with Crippen molar-refractivity contribution in [3.05, 3.63) is 17.8 Å². The van der Waals surface area contributed by atoms with Crippen molar-refractivity contribution >= 4 is 5.78 Å². The van der Waals surface area contributed by atoms with Crippen LogP contribution >= 0.6 is 0 Å². The first-order chi connectivity index (χ1) is 6.62. The Balaban J connectivity index is 2.23. The number of rotatable bonds is 2. The third-order valence-corrected chi connectivity index (χ3v) is 2.79. The monoisotopic (exact) mass is 194 g/mol. The summed E-state index contributed by atoms with van der Waals surface area (Å²) in [4.78, 5) is 15.8. The van der Waals surface area contributed by atoms with Gasteiger partial charge in [-0.15, -0.1) is 0 Å². The first-order valence-electron chi connectivity index (χ1n) is 4.88. The van der Waals surface area contributed by atoms with Crippen LogP contribution in [-0.2, 0) is 0 Å². The molecule has 0 unspecified atom stereocenters. The second-order valence-electron chi connectivity index (χ2n) is 3.94. The number of carbonyl (C=O) groups is 1. The molecule has 0 amide bonds. The van der Waals surface area contributed by atoms with Crippen LogP contribution in [0.4, 0.5) is 0 Å². The van der Waals surface area contributed by atoms with E-state index in [4.69, 9.17) is 10.2 Å². The lowest BCUT2D eigenvalue weighted by atomic mass is 9.92. The summed E-state index contributed by atoms with van der Waals surface area (Å²) in [5.74, 6) is 0.706. The number of hydrogen-bond acceptors (Lipinski definition) is 4. The molecule has 76 valence electrons. The Labute approximate surface area is 82.5 Å². The molecule has 0 atom stereocenters. The highest BCUT2D eigenvalue weighted by molar-refractivity contribution is 6.00. The molecule has 1 aromatic rings. The molecule has 0 bridgehead atoms. The number of aromatic nitrogens is 1. The molecule has 1 aliphatic rings. The van der Waals surface area contributed by atoms with Crippen LogP contribution in [0.2, 0.25) is 0 Å². The van der Waals surface area contributed by atoms with Crippen molar-refractivity contribution in [2.24, 2.45) is 5.73 Å². The van der Waals surface area contributed by atoms with E-state index in [1.54, 1.807) is 6.92 Å². The molecule has 1 saturated carbocycles. The zero-order valence-electron chi connectivity index (χ0n) is 8.25. The molecule has 4 nitrogen and oxygen atoms in total. The normalized spacial score (nSPS) is 19.9. The highest BCUT2D eigenvalue weighted by atomic mass is 16.4. The third kappa shape index (κ3) is 1.46. The molecule has 0 spiro atoms. The van der Waals surface area contributed by atoms with Crippen LogP contribution in [-0.4, -0.2) is 16.3 Å². The summed E-state index contributed by atoms with van der Waals surface area (Å²) >= 11 is 0. The van der Waals surface area contributed by atoms with Gasteiger partial charge in [-0.25, -0.2) is 4.98 Å². The lowest BCUT2D eigenvalue weighted by Crippen LogP contribution is -2.45. The summed E-state index contributed by atoms with van der Waals surface area (Å²) in [5.41, 5.74) is 5.30. The first kappa shape index (κ1) is 9.40. The highest BCUT2D eigenvalue weighted by Crippen LogP contribution is 2.30. The van der Waals surface area contributed by atoms with Crippen LogP contribution in [0.1, 0.15) is 42.1 Å². The van der Waals surface area contributed by atoms with E-state index < -0.39 is 5.54 Å². The number of oxazole rings is 1. The minimum Gasteiger partial charge on any atom is -0.438 e. The molecular formula is C10H14N2O2. The van der Waals surface area contributed by atoms with Gasteiger partial charge in [-0.1, -0.05) is 12.8 Å². The van der Waals surface area contributed by atoms with Gasteiger partial charge in [-0.05, 0) is 12.8 Å².